The normalized spacial score (nSPS) is 12.6. The van der Waals surface area contributed by atoms with Crippen LogP contribution in [0.2, 0.25) is 0 Å². The van der Waals surface area contributed by atoms with Gasteiger partial charge in [-0.25, -0.2) is 0 Å². The van der Waals surface area contributed by atoms with Crippen LogP contribution in [0, 0.1) is 6.92 Å². The van der Waals surface area contributed by atoms with Gasteiger partial charge >= 0.3 is 0 Å². The Hall–Kier alpha value is -0.510. The summed E-state index contributed by atoms with van der Waals surface area (Å²) < 4.78 is 0. The van der Waals surface area contributed by atoms with E-state index in [-0.39, 0.29) is 0 Å². The lowest BCUT2D eigenvalue weighted by Crippen LogP contribution is -2.36. The van der Waals surface area contributed by atoms with Crippen LogP contribution < -0.4 is 11.3 Å². The summed E-state index contributed by atoms with van der Waals surface area (Å²) in [7, 11) is 0. The molecule has 1 atom stereocenters. The van der Waals surface area contributed by atoms with Crippen LogP contribution in [0.4, 0.5) is 0 Å². The maximum Gasteiger partial charge on any atom is 0.0304 e. The van der Waals surface area contributed by atoms with E-state index in [4.69, 9.17) is 5.84 Å². The molecular weight excluding hydrogens is 264 g/mol. The second kappa shape index (κ2) is 11.2. The first-order valence-corrected chi connectivity index (χ1v) is 8.90. The van der Waals surface area contributed by atoms with Crippen molar-refractivity contribution in [3.8, 4) is 0 Å². The van der Waals surface area contributed by atoms with Crippen molar-refractivity contribution in [2.24, 2.45) is 5.84 Å². The summed E-state index contributed by atoms with van der Waals surface area (Å²) in [4.78, 5) is 1.34. The molecule has 20 heavy (non-hydrogen) atoms. The first-order chi connectivity index (χ1) is 9.76. The largest absolute Gasteiger partial charge is 0.271 e. The predicted octanol–water partition coefficient (Wildman–Crippen LogP) is 4.67. The molecule has 0 saturated heterocycles. The number of thioether (sulfide) groups is 1. The number of benzene rings is 1. The zero-order valence-corrected chi connectivity index (χ0v) is 13.8. The summed E-state index contributed by atoms with van der Waals surface area (Å²) >= 11 is 1.90. The summed E-state index contributed by atoms with van der Waals surface area (Å²) in [6.45, 7) is 4.40. The Balaban J connectivity index is 2.16. The molecule has 3 N–H and O–H groups in total. The van der Waals surface area contributed by atoms with Gasteiger partial charge in [0.05, 0.1) is 0 Å². The molecule has 0 saturated carbocycles. The third-order valence-corrected chi connectivity index (χ3v) is 4.74. The Morgan fingerprint density at radius 2 is 1.90 bits per heavy atom. The van der Waals surface area contributed by atoms with Crippen LogP contribution in [0.15, 0.2) is 29.2 Å². The molecule has 1 aromatic rings. The lowest BCUT2D eigenvalue weighted by molar-refractivity contribution is 0.494. The number of aryl methyl sites for hydroxylation is 1. The third-order valence-electron chi connectivity index (χ3n) is 3.58. The summed E-state index contributed by atoms with van der Waals surface area (Å²) in [5.74, 6) is 6.72. The monoisotopic (exact) mass is 294 g/mol. The Morgan fingerprint density at radius 3 is 2.60 bits per heavy atom. The van der Waals surface area contributed by atoms with Crippen molar-refractivity contribution in [3.05, 3.63) is 29.8 Å². The van der Waals surface area contributed by atoms with E-state index in [0.717, 1.165) is 5.75 Å². The molecule has 1 rings (SSSR count). The van der Waals surface area contributed by atoms with E-state index in [9.17, 15) is 0 Å². The van der Waals surface area contributed by atoms with Crippen molar-refractivity contribution in [3.63, 3.8) is 0 Å². The number of nitrogens with one attached hydrogen (secondary N) is 1. The van der Waals surface area contributed by atoms with Crippen molar-refractivity contribution >= 4 is 11.8 Å². The van der Waals surface area contributed by atoms with E-state index in [1.54, 1.807) is 0 Å². The van der Waals surface area contributed by atoms with Gasteiger partial charge in [-0.1, -0.05) is 63.1 Å². The van der Waals surface area contributed by atoms with Crippen molar-refractivity contribution in [2.45, 2.75) is 69.7 Å². The van der Waals surface area contributed by atoms with E-state index < -0.39 is 0 Å². The number of nitrogens with two attached hydrogens (primary N) is 1. The van der Waals surface area contributed by atoms with Gasteiger partial charge in [-0.2, -0.15) is 0 Å². The van der Waals surface area contributed by atoms with Crippen molar-refractivity contribution in [2.75, 3.05) is 5.75 Å². The van der Waals surface area contributed by atoms with E-state index in [1.165, 1.54) is 55.4 Å². The van der Waals surface area contributed by atoms with Gasteiger partial charge in [0.15, 0.2) is 0 Å². The SMILES string of the molecule is CCCCCCCCC(CSc1cccc(C)c1)NN. The first kappa shape index (κ1) is 17.5. The van der Waals surface area contributed by atoms with Crippen LogP contribution in [-0.4, -0.2) is 11.8 Å². The highest BCUT2D eigenvalue weighted by atomic mass is 32.2. The van der Waals surface area contributed by atoms with Crippen molar-refractivity contribution in [1.82, 2.24) is 5.43 Å². The van der Waals surface area contributed by atoms with Crippen LogP contribution in [0.25, 0.3) is 0 Å². The van der Waals surface area contributed by atoms with Crippen LogP contribution >= 0.6 is 11.8 Å². The van der Waals surface area contributed by atoms with Gasteiger partial charge in [0, 0.05) is 16.7 Å². The maximum atomic E-state index is 5.67. The third kappa shape index (κ3) is 7.93. The Morgan fingerprint density at radius 1 is 1.15 bits per heavy atom. The van der Waals surface area contributed by atoms with E-state index in [2.05, 4.69) is 43.5 Å². The summed E-state index contributed by atoms with van der Waals surface area (Å²) in [6.07, 6.45) is 9.26. The molecule has 2 nitrogen and oxygen atoms in total. The molecule has 0 aliphatic rings. The fraction of sp³-hybridized carbons (Fsp3) is 0.647. The molecule has 3 heteroatoms. The number of hydrogen-bond acceptors (Lipinski definition) is 3. The fourth-order valence-corrected chi connectivity index (χ4v) is 3.39. The average Bonchev–Trinajstić information content (AvgIpc) is 2.46. The van der Waals surface area contributed by atoms with Crippen molar-refractivity contribution in [1.29, 1.82) is 0 Å². The highest BCUT2D eigenvalue weighted by molar-refractivity contribution is 7.99. The molecule has 0 aliphatic heterocycles. The molecule has 0 fully saturated rings. The zero-order chi connectivity index (χ0) is 14.6. The lowest BCUT2D eigenvalue weighted by atomic mass is 10.1. The van der Waals surface area contributed by atoms with Gasteiger partial charge in [-0.05, 0) is 25.5 Å². The second-order valence-corrected chi connectivity index (χ2v) is 6.64. The van der Waals surface area contributed by atoms with Crippen molar-refractivity contribution < 1.29 is 0 Å². The van der Waals surface area contributed by atoms with Crippen LogP contribution in [-0.2, 0) is 0 Å². The van der Waals surface area contributed by atoms with Crippen LogP contribution in [0.1, 0.15) is 57.4 Å². The molecule has 114 valence electrons. The fourth-order valence-electron chi connectivity index (χ4n) is 2.29. The topological polar surface area (TPSA) is 38.0 Å². The number of hydrazine groups is 1. The molecule has 0 aliphatic carbocycles. The number of rotatable bonds is 11. The molecule has 0 bridgehead atoms. The minimum absolute atomic E-state index is 0.423. The molecule has 0 spiro atoms. The van der Waals surface area contributed by atoms with E-state index >= 15 is 0 Å². The Labute approximate surface area is 128 Å². The lowest BCUT2D eigenvalue weighted by Gasteiger charge is -2.15. The molecule has 0 aromatic heterocycles. The highest BCUT2D eigenvalue weighted by Gasteiger charge is 2.07. The first-order valence-electron chi connectivity index (χ1n) is 7.92. The van der Waals surface area contributed by atoms with Gasteiger partial charge in [-0.3, -0.25) is 11.3 Å². The second-order valence-electron chi connectivity index (χ2n) is 5.55. The molecule has 0 heterocycles. The smallest absolute Gasteiger partial charge is 0.0304 e. The maximum absolute atomic E-state index is 5.67. The summed E-state index contributed by atoms with van der Waals surface area (Å²) in [5, 5.41) is 0. The van der Waals surface area contributed by atoms with Gasteiger partial charge < -0.3 is 0 Å². The minimum Gasteiger partial charge on any atom is -0.271 e. The molecule has 1 unspecified atom stereocenters. The van der Waals surface area contributed by atoms with E-state index in [0.29, 0.717) is 6.04 Å². The quantitative estimate of drug-likeness (QED) is 0.269. The summed E-state index contributed by atoms with van der Waals surface area (Å²) in [6, 6.07) is 9.10. The molecular formula is C17H30N2S. The predicted molar refractivity (Wildman–Crippen MR) is 91.0 cm³/mol. The molecule has 0 amide bonds. The van der Waals surface area contributed by atoms with Gasteiger partial charge in [0.1, 0.15) is 0 Å². The van der Waals surface area contributed by atoms with E-state index in [1.807, 2.05) is 11.8 Å². The van der Waals surface area contributed by atoms with Gasteiger partial charge in [0.25, 0.3) is 0 Å². The standard InChI is InChI=1S/C17H30N2S/c1-3-4-5-6-7-8-11-16(19-18)14-20-17-12-9-10-15(2)13-17/h9-10,12-13,16,19H,3-8,11,14,18H2,1-2H3. The van der Waals surface area contributed by atoms with Gasteiger partial charge in [-0.15, -0.1) is 11.8 Å². The summed E-state index contributed by atoms with van der Waals surface area (Å²) in [5.41, 5.74) is 4.29. The number of unbranched alkanes of at least 4 members (excludes halogenated alkanes) is 5. The highest BCUT2D eigenvalue weighted by Crippen LogP contribution is 2.21. The zero-order valence-electron chi connectivity index (χ0n) is 13.0. The van der Waals surface area contributed by atoms with Gasteiger partial charge in [0.2, 0.25) is 0 Å². The number of hydrogen-bond donors (Lipinski definition) is 2. The average molecular weight is 295 g/mol. The van der Waals surface area contributed by atoms with Crippen LogP contribution in [0.3, 0.4) is 0 Å². The Bertz CT molecular complexity index is 355. The molecule has 1 aromatic carbocycles. The van der Waals surface area contributed by atoms with Crippen LogP contribution in [0.5, 0.6) is 0 Å². The minimum atomic E-state index is 0.423. The molecule has 0 radical (unpaired) electrons. The Kier molecular flexibility index (Phi) is 9.81.